The Morgan fingerprint density at radius 1 is 1.67 bits per heavy atom. The Morgan fingerprint density at radius 3 is 3.56 bits per heavy atom. The van der Waals surface area contributed by atoms with Gasteiger partial charge in [-0.25, -0.2) is 0 Å². The lowest BCUT2D eigenvalue weighted by Crippen LogP contribution is -2.22. The Balaban J connectivity index is 2.39. The standard InChI is InChI=1S/C6H8N2O/c1-2-7-3-5-4-8-9-6(1)5/h4,7H,1-3H2. The van der Waals surface area contributed by atoms with Crippen molar-refractivity contribution in [2.45, 2.75) is 13.0 Å². The predicted molar refractivity (Wildman–Crippen MR) is 31.9 cm³/mol. The van der Waals surface area contributed by atoms with Crippen LogP contribution in [0.2, 0.25) is 0 Å². The fourth-order valence-electron chi connectivity index (χ4n) is 1.06. The molecule has 2 rings (SSSR count). The summed E-state index contributed by atoms with van der Waals surface area (Å²) in [6.07, 6.45) is 2.76. The van der Waals surface area contributed by atoms with E-state index in [0.717, 1.165) is 25.3 Å². The highest BCUT2D eigenvalue weighted by molar-refractivity contribution is 5.15. The lowest BCUT2D eigenvalue weighted by molar-refractivity contribution is 0.372. The Hall–Kier alpha value is -0.830. The molecule has 0 saturated heterocycles. The van der Waals surface area contributed by atoms with E-state index in [2.05, 4.69) is 10.5 Å². The number of hydrogen-bond donors (Lipinski definition) is 1. The summed E-state index contributed by atoms with van der Waals surface area (Å²) in [7, 11) is 0. The van der Waals surface area contributed by atoms with Crippen LogP contribution in [0.3, 0.4) is 0 Å². The summed E-state index contributed by atoms with van der Waals surface area (Å²) in [6, 6.07) is 0. The molecule has 0 atom stereocenters. The van der Waals surface area contributed by atoms with Gasteiger partial charge in [-0.2, -0.15) is 0 Å². The molecule has 1 aromatic rings. The maximum absolute atomic E-state index is 4.97. The molecule has 0 aliphatic carbocycles. The lowest BCUT2D eigenvalue weighted by Gasteiger charge is -2.08. The van der Waals surface area contributed by atoms with Gasteiger partial charge < -0.3 is 9.84 Å². The summed E-state index contributed by atoms with van der Waals surface area (Å²) < 4.78 is 4.97. The summed E-state index contributed by atoms with van der Waals surface area (Å²) in [4.78, 5) is 0. The maximum Gasteiger partial charge on any atom is 0.142 e. The molecule has 9 heavy (non-hydrogen) atoms. The molecular weight excluding hydrogens is 116 g/mol. The Labute approximate surface area is 53.0 Å². The number of aromatic nitrogens is 1. The molecule has 0 radical (unpaired) electrons. The van der Waals surface area contributed by atoms with E-state index < -0.39 is 0 Å². The molecule has 0 spiro atoms. The normalized spacial score (nSPS) is 17.3. The topological polar surface area (TPSA) is 38.1 Å². The third-order valence-electron chi connectivity index (χ3n) is 1.57. The Morgan fingerprint density at radius 2 is 2.67 bits per heavy atom. The van der Waals surface area contributed by atoms with Gasteiger partial charge in [-0.3, -0.25) is 0 Å². The van der Waals surface area contributed by atoms with Gasteiger partial charge in [0.05, 0.1) is 6.20 Å². The first-order valence-corrected chi connectivity index (χ1v) is 3.10. The third kappa shape index (κ3) is 0.733. The molecule has 1 aliphatic heterocycles. The van der Waals surface area contributed by atoms with Crippen LogP contribution in [0.1, 0.15) is 11.3 Å². The second-order valence-corrected chi connectivity index (χ2v) is 2.20. The highest BCUT2D eigenvalue weighted by atomic mass is 16.5. The number of nitrogens with one attached hydrogen (secondary N) is 1. The number of hydrogen-bond acceptors (Lipinski definition) is 3. The number of rotatable bonds is 0. The quantitative estimate of drug-likeness (QED) is 0.541. The summed E-state index contributed by atoms with van der Waals surface area (Å²) in [6.45, 7) is 1.93. The summed E-state index contributed by atoms with van der Waals surface area (Å²) in [5.74, 6) is 1.05. The molecule has 1 N–H and O–H groups in total. The molecule has 48 valence electrons. The molecule has 1 aliphatic rings. The Kier molecular flexibility index (Phi) is 1.02. The van der Waals surface area contributed by atoms with Crippen molar-refractivity contribution >= 4 is 0 Å². The van der Waals surface area contributed by atoms with Crippen molar-refractivity contribution in [3.05, 3.63) is 17.5 Å². The van der Waals surface area contributed by atoms with E-state index in [1.807, 2.05) is 0 Å². The van der Waals surface area contributed by atoms with Gasteiger partial charge in [0.1, 0.15) is 5.76 Å². The van der Waals surface area contributed by atoms with Crippen molar-refractivity contribution in [3.63, 3.8) is 0 Å². The van der Waals surface area contributed by atoms with E-state index in [9.17, 15) is 0 Å². The van der Waals surface area contributed by atoms with Gasteiger partial charge in [0.25, 0.3) is 0 Å². The van der Waals surface area contributed by atoms with E-state index in [-0.39, 0.29) is 0 Å². The fourth-order valence-corrected chi connectivity index (χ4v) is 1.06. The smallest absolute Gasteiger partial charge is 0.142 e. The fraction of sp³-hybridized carbons (Fsp3) is 0.500. The van der Waals surface area contributed by atoms with Crippen LogP contribution in [-0.2, 0) is 13.0 Å². The van der Waals surface area contributed by atoms with Gasteiger partial charge in [0.2, 0.25) is 0 Å². The summed E-state index contributed by atoms with van der Waals surface area (Å²) in [5.41, 5.74) is 1.21. The third-order valence-corrected chi connectivity index (χ3v) is 1.57. The first-order chi connectivity index (χ1) is 4.47. The monoisotopic (exact) mass is 124 g/mol. The van der Waals surface area contributed by atoms with Gasteiger partial charge in [-0.15, -0.1) is 0 Å². The van der Waals surface area contributed by atoms with Crippen LogP contribution in [0.4, 0.5) is 0 Å². The molecule has 3 heteroatoms. The van der Waals surface area contributed by atoms with Crippen molar-refractivity contribution < 1.29 is 4.52 Å². The molecular formula is C6H8N2O. The van der Waals surface area contributed by atoms with Gasteiger partial charge >= 0.3 is 0 Å². The summed E-state index contributed by atoms with van der Waals surface area (Å²) in [5, 5.41) is 6.92. The van der Waals surface area contributed by atoms with Crippen LogP contribution in [0.5, 0.6) is 0 Å². The number of nitrogens with zero attached hydrogens (tertiary/aromatic N) is 1. The first-order valence-electron chi connectivity index (χ1n) is 3.10. The van der Waals surface area contributed by atoms with Crippen molar-refractivity contribution in [1.29, 1.82) is 0 Å². The maximum atomic E-state index is 4.97. The predicted octanol–water partition coefficient (Wildman–Crippen LogP) is 0.320. The molecule has 0 amide bonds. The van der Waals surface area contributed by atoms with Gasteiger partial charge in [-0.1, -0.05) is 5.16 Å². The van der Waals surface area contributed by atoms with Gasteiger partial charge in [-0.05, 0) is 0 Å². The minimum atomic E-state index is 0.916. The zero-order valence-electron chi connectivity index (χ0n) is 5.05. The minimum absolute atomic E-state index is 0.916. The van der Waals surface area contributed by atoms with Crippen molar-refractivity contribution in [2.75, 3.05) is 6.54 Å². The lowest BCUT2D eigenvalue weighted by atomic mass is 10.1. The molecule has 2 heterocycles. The molecule has 0 aromatic carbocycles. The zero-order valence-corrected chi connectivity index (χ0v) is 5.05. The van der Waals surface area contributed by atoms with Crippen LogP contribution in [-0.4, -0.2) is 11.7 Å². The molecule has 1 aromatic heterocycles. The SMILES string of the molecule is c1noc2c1CNCC2. The molecule has 0 saturated carbocycles. The van der Waals surface area contributed by atoms with E-state index in [1.165, 1.54) is 5.56 Å². The highest BCUT2D eigenvalue weighted by Gasteiger charge is 2.11. The highest BCUT2D eigenvalue weighted by Crippen LogP contribution is 2.10. The van der Waals surface area contributed by atoms with Gasteiger partial charge in [0.15, 0.2) is 0 Å². The Bertz CT molecular complexity index is 186. The molecule has 0 fully saturated rings. The van der Waals surface area contributed by atoms with Crippen LogP contribution in [0.15, 0.2) is 10.7 Å². The van der Waals surface area contributed by atoms with E-state index in [0.29, 0.717) is 0 Å². The number of fused-ring (bicyclic) bond motifs is 1. The van der Waals surface area contributed by atoms with Crippen molar-refractivity contribution in [1.82, 2.24) is 10.5 Å². The van der Waals surface area contributed by atoms with Crippen LogP contribution >= 0.6 is 0 Å². The summed E-state index contributed by atoms with van der Waals surface area (Å²) >= 11 is 0. The molecule has 0 unspecified atom stereocenters. The zero-order chi connectivity index (χ0) is 6.10. The van der Waals surface area contributed by atoms with Crippen LogP contribution in [0, 0.1) is 0 Å². The van der Waals surface area contributed by atoms with E-state index in [4.69, 9.17) is 4.52 Å². The minimum Gasteiger partial charge on any atom is -0.361 e. The van der Waals surface area contributed by atoms with E-state index in [1.54, 1.807) is 6.20 Å². The van der Waals surface area contributed by atoms with E-state index >= 15 is 0 Å². The van der Waals surface area contributed by atoms with Crippen molar-refractivity contribution in [2.24, 2.45) is 0 Å². The van der Waals surface area contributed by atoms with Crippen LogP contribution in [0.25, 0.3) is 0 Å². The molecule has 0 bridgehead atoms. The first kappa shape index (κ1) is 4.99. The van der Waals surface area contributed by atoms with Crippen molar-refractivity contribution in [3.8, 4) is 0 Å². The molecule has 3 nitrogen and oxygen atoms in total. The van der Waals surface area contributed by atoms with Crippen LogP contribution < -0.4 is 5.32 Å². The second-order valence-electron chi connectivity index (χ2n) is 2.20. The van der Waals surface area contributed by atoms with Gasteiger partial charge in [0, 0.05) is 25.1 Å². The average Bonchev–Trinajstić information content (AvgIpc) is 2.33. The average molecular weight is 124 g/mol. The largest absolute Gasteiger partial charge is 0.361 e. The second kappa shape index (κ2) is 1.84.